The molecule has 0 heterocycles. The molecule has 5 rings (SSSR count). The molecule has 0 saturated heterocycles. The van der Waals surface area contributed by atoms with Crippen molar-refractivity contribution in [2.75, 3.05) is 4.90 Å². The van der Waals surface area contributed by atoms with E-state index >= 15 is 0 Å². The summed E-state index contributed by atoms with van der Waals surface area (Å²) in [7, 11) is 0. The number of rotatable bonds is 5. The molecule has 0 N–H and O–H groups in total. The van der Waals surface area contributed by atoms with Crippen molar-refractivity contribution in [2.24, 2.45) is 0 Å². The molecule has 36 heavy (non-hydrogen) atoms. The molecule has 1 heteroatoms. The van der Waals surface area contributed by atoms with Crippen molar-refractivity contribution in [2.45, 2.75) is 71.8 Å². The van der Waals surface area contributed by atoms with Gasteiger partial charge >= 0.3 is 0 Å². The highest BCUT2D eigenvalue weighted by atomic mass is 15.1. The number of benzene rings is 4. The van der Waals surface area contributed by atoms with E-state index in [0.717, 1.165) is 6.54 Å². The van der Waals surface area contributed by atoms with Gasteiger partial charge < -0.3 is 4.90 Å². The quantitative estimate of drug-likeness (QED) is 0.279. The Hall–Kier alpha value is -3.32. The molecule has 1 nitrogen and oxygen atoms in total. The van der Waals surface area contributed by atoms with Crippen molar-refractivity contribution in [3.63, 3.8) is 0 Å². The third-order valence-corrected chi connectivity index (χ3v) is 8.20. The molecule has 0 aromatic heterocycles. The molecule has 0 unspecified atom stereocenters. The molecule has 1 aliphatic carbocycles. The molecule has 0 aliphatic heterocycles. The largest absolute Gasteiger partial charge is 0.337 e. The maximum Gasteiger partial charge on any atom is 0.0487 e. The van der Waals surface area contributed by atoms with Crippen molar-refractivity contribution >= 4 is 11.4 Å². The summed E-state index contributed by atoms with van der Waals surface area (Å²) in [5, 5.41) is 0. The van der Waals surface area contributed by atoms with Crippen LogP contribution in [0.1, 0.15) is 68.4 Å². The molecule has 0 fully saturated rings. The first-order valence-electron chi connectivity index (χ1n) is 13.3. The Morgan fingerprint density at radius 1 is 0.611 bits per heavy atom. The van der Waals surface area contributed by atoms with Crippen molar-refractivity contribution in [3.8, 4) is 11.1 Å². The Bertz CT molecular complexity index is 1310. The fourth-order valence-corrected chi connectivity index (χ4v) is 5.65. The first kappa shape index (κ1) is 24.4. The second-order valence-corrected chi connectivity index (χ2v) is 11.9. The van der Waals surface area contributed by atoms with Gasteiger partial charge in [-0.05, 0) is 89.6 Å². The van der Waals surface area contributed by atoms with Crippen LogP contribution in [0.3, 0.4) is 0 Å². The Morgan fingerprint density at radius 2 is 1.14 bits per heavy atom. The Kier molecular flexibility index (Phi) is 6.29. The van der Waals surface area contributed by atoms with Crippen LogP contribution < -0.4 is 4.90 Å². The molecular formula is C35H39N. The summed E-state index contributed by atoms with van der Waals surface area (Å²) >= 11 is 0. The number of fused-ring (bicyclic) bond motifs is 1. The average Bonchev–Trinajstić information content (AvgIpc) is 2.87. The normalized spacial score (nSPS) is 15.8. The highest BCUT2D eigenvalue weighted by Gasteiger charge is 2.37. The van der Waals surface area contributed by atoms with E-state index < -0.39 is 0 Å². The van der Waals surface area contributed by atoms with E-state index in [0.29, 0.717) is 0 Å². The Morgan fingerprint density at radius 3 is 1.72 bits per heavy atom. The molecule has 184 valence electrons. The highest BCUT2D eigenvalue weighted by molar-refractivity contribution is 5.72. The molecule has 0 amide bonds. The summed E-state index contributed by atoms with van der Waals surface area (Å²) in [4.78, 5) is 2.43. The lowest BCUT2D eigenvalue weighted by Crippen LogP contribution is -2.33. The van der Waals surface area contributed by atoms with Gasteiger partial charge in [0.15, 0.2) is 0 Å². The summed E-state index contributed by atoms with van der Waals surface area (Å²) in [5.74, 6) is 0. The van der Waals surface area contributed by atoms with Gasteiger partial charge in [-0.3, -0.25) is 0 Å². The van der Waals surface area contributed by atoms with Crippen LogP contribution in [-0.2, 0) is 17.4 Å². The predicted octanol–water partition coefficient (Wildman–Crippen LogP) is 9.66. The number of hydrogen-bond acceptors (Lipinski definition) is 1. The van der Waals surface area contributed by atoms with Crippen LogP contribution in [0, 0.1) is 13.8 Å². The maximum absolute atomic E-state index is 2.48. The summed E-state index contributed by atoms with van der Waals surface area (Å²) in [5.41, 5.74) is 12.4. The summed E-state index contributed by atoms with van der Waals surface area (Å²) in [6.45, 7) is 14.7. The number of aryl methyl sites for hydroxylation is 2. The molecule has 0 spiro atoms. The van der Waals surface area contributed by atoms with Crippen LogP contribution in [0.4, 0.5) is 11.4 Å². The third-order valence-electron chi connectivity index (χ3n) is 8.20. The first-order chi connectivity index (χ1) is 17.1. The molecule has 4 aromatic carbocycles. The summed E-state index contributed by atoms with van der Waals surface area (Å²) < 4.78 is 0. The van der Waals surface area contributed by atoms with Crippen LogP contribution in [0.15, 0.2) is 91.0 Å². The van der Waals surface area contributed by atoms with Crippen LogP contribution in [0.25, 0.3) is 11.1 Å². The minimum absolute atomic E-state index is 0.200. The van der Waals surface area contributed by atoms with Gasteiger partial charge in [-0.1, -0.05) is 106 Å². The number of nitrogens with zero attached hydrogens (tertiary/aromatic N) is 1. The Labute approximate surface area is 217 Å². The van der Waals surface area contributed by atoms with Crippen LogP contribution >= 0.6 is 0 Å². The second-order valence-electron chi connectivity index (χ2n) is 11.9. The lowest BCUT2D eigenvalue weighted by atomic mass is 9.63. The molecule has 0 radical (unpaired) electrons. The van der Waals surface area contributed by atoms with Gasteiger partial charge in [-0.2, -0.15) is 0 Å². The fourth-order valence-electron chi connectivity index (χ4n) is 5.65. The molecule has 0 bridgehead atoms. The number of hydrogen-bond donors (Lipinski definition) is 0. The van der Waals surface area contributed by atoms with Gasteiger partial charge in [-0.25, -0.2) is 0 Å². The van der Waals surface area contributed by atoms with Crippen molar-refractivity contribution in [1.29, 1.82) is 0 Å². The third kappa shape index (κ3) is 4.72. The topological polar surface area (TPSA) is 3.24 Å². The first-order valence-corrected chi connectivity index (χ1v) is 13.3. The molecule has 1 aliphatic rings. The van der Waals surface area contributed by atoms with E-state index in [1.807, 2.05) is 0 Å². The molecule has 0 saturated carbocycles. The van der Waals surface area contributed by atoms with E-state index in [1.54, 1.807) is 0 Å². The monoisotopic (exact) mass is 473 g/mol. The number of anilines is 2. The predicted molar refractivity (Wildman–Crippen MR) is 155 cm³/mol. The molecule has 0 atom stereocenters. The second kappa shape index (κ2) is 9.28. The van der Waals surface area contributed by atoms with Crippen LogP contribution in [-0.4, -0.2) is 0 Å². The summed E-state index contributed by atoms with van der Waals surface area (Å²) in [6, 6.07) is 33.9. The maximum atomic E-state index is 2.48. The van der Waals surface area contributed by atoms with E-state index in [1.165, 1.54) is 63.2 Å². The fraction of sp³-hybridized carbons (Fsp3) is 0.314. The lowest BCUT2D eigenvalue weighted by Gasteiger charge is -2.42. The summed E-state index contributed by atoms with van der Waals surface area (Å²) in [6.07, 6.45) is 2.47. The van der Waals surface area contributed by atoms with Crippen LogP contribution in [0.5, 0.6) is 0 Å². The average molecular weight is 474 g/mol. The molecule has 4 aromatic rings. The zero-order chi connectivity index (χ0) is 25.5. The van der Waals surface area contributed by atoms with E-state index in [-0.39, 0.29) is 10.8 Å². The standard InChI is InChI=1S/C35H39N/c1-25-11-16-29(17-12-25)36(30-18-13-26(2)14-19-30)24-28-9-7-8-10-31(28)27-15-20-32-33(23-27)35(5,6)22-21-34(32,3)4/h7-20,23H,21-22,24H2,1-6H3. The zero-order valence-corrected chi connectivity index (χ0v) is 22.7. The van der Waals surface area contributed by atoms with Gasteiger partial charge in [0.2, 0.25) is 0 Å². The van der Waals surface area contributed by atoms with E-state index in [9.17, 15) is 0 Å². The van der Waals surface area contributed by atoms with Crippen molar-refractivity contribution in [1.82, 2.24) is 0 Å². The van der Waals surface area contributed by atoms with Crippen LogP contribution in [0.2, 0.25) is 0 Å². The smallest absolute Gasteiger partial charge is 0.0487 e. The van der Waals surface area contributed by atoms with Gasteiger partial charge in [-0.15, -0.1) is 0 Å². The Balaban J connectivity index is 1.58. The minimum atomic E-state index is 0.200. The van der Waals surface area contributed by atoms with Gasteiger partial charge in [0.25, 0.3) is 0 Å². The SMILES string of the molecule is Cc1ccc(N(Cc2ccccc2-c2ccc3c(c2)C(C)(C)CCC3(C)C)c2ccc(C)cc2)cc1. The van der Waals surface area contributed by atoms with Gasteiger partial charge in [0.1, 0.15) is 0 Å². The highest BCUT2D eigenvalue weighted by Crippen LogP contribution is 2.47. The van der Waals surface area contributed by atoms with Gasteiger partial charge in [0, 0.05) is 17.9 Å². The van der Waals surface area contributed by atoms with Gasteiger partial charge in [0.05, 0.1) is 0 Å². The van der Waals surface area contributed by atoms with Crippen molar-refractivity contribution in [3.05, 3.63) is 119 Å². The zero-order valence-electron chi connectivity index (χ0n) is 22.7. The molecular weight excluding hydrogens is 434 g/mol. The lowest BCUT2D eigenvalue weighted by molar-refractivity contribution is 0.332. The van der Waals surface area contributed by atoms with E-state index in [2.05, 4.69) is 137 Å². The van der Waals surface area contributed by atoms with E-state index in [4.69, 9.17) is 0 Å². The van der Waals surface area contributed by atoms with Crippen molar-refractivity contribution < 1.29 is 0 Å². The minimum Gasteiger partial charge on any atom is -0.337 e.